The Balaban J connectivity index is 0.796. The quantitative estimate of drug-likeness (QED) is 0.0357. The van der Waals surface area contributed by atoms with Gasteiger partial charge in [-0.05, 0) is 108 Å². The van der Waals surface area contributed by atoms with Crippen molar-refractivity contribution in [2.45, 2.75) is 19.6 Å². The third kappa shape index (κ3) is 12.3. The first-order valence-electron chi connectivity index (χ1n) is 24.7. The highest BCUT2D eigenvalue weighted by atomic mass is 35.5. The Morgan fingerprint density at radius 1 is 0.443 bits per heavy atom. The fourth-order valence-corrected chi connectivity index (χ4v) is 12.0. The second kappa shape index (κ2) is 22.3. The highest BCUT2D eigenvalue weighted by molar-refractivity contribution is 7.86. The van der Waals surface area contributed by atoms with E-state index in [1.54, 1.807) is 84.9 Å². The topological polar surface area (TPSA) is 462 Å². The second-order valence-corrected chi connectivity index (χ2v) is 24.8. The van der Waals surface area contributed by atoms with Crippen molar-refractivity contribution >= 4 is 147 Å². The van der Waals surface area contributed by atoms with Crippen molar-refractivity contribution in [1.29, 1.82) is 0 Å². The van der Waals surface area contributed by atoms with Gasteiger partial charge in [0.05, 0.1) is 39.8 Å². The third-order valence-electron chi connectivity index (χ3n) is 12.6. The Morgan fingerprint density at radius 2 is 0.875 bits per heavy atom. The van der Waals surface area contributed by atoms with Gasteiger partial charge in [0, 0.05) is 27.2 Å². The fraction of sp³-hybridized carbons (Fsp3) is 0. The minimum atomic E-state index is -5.08. The Kier molecular flexibility index (Phi) is 14.7. The highest BCUT2D eigenvalue weighted by Gasteiger charge is 2.23. The molecule has 0 saturated heterocycles. The summed E-state index contributed by atoms with van der Waals surface area (Å²) in [5.41, 5.74) is 0.431. The van der Waals surface area contributed by atoms with Crippen LogP contribution in [0.3, 0.4) is 0 Å². The molecule has 0 aliphatic carbocycles. The average Bonchev–Trinajstić information content (AvgIpc) is 1.85. The zero-order chi connectivity index (χ0) is 62.0. The monoisotopic (exact) mass is 1300 g/mol. The SMILES string of the molecule is O=S(=O)(O)c1cc(N=C(O)Nc2ccc(N=c3[nH]c(Cl)nc(=Nc4cccc(-n5nc6cc(S(=O)(=O)O)c7ccccc7c6n5)c4)[nH]3)c(S(=O)(=O)O)c2)ccc1N=c1[nH]c(Cl)nc(=Nc2cccc(-n3nc4cc(S(=O)(=O)O)c5ccccc5c4n3)c2)[nH]1. The Hall–Kier alpha value is -10.2. The van der Waals surface area contributed by atoms with Gasteiger partial charge in [0.15, 0.2) is 0 Å². The van der Waals surface area contributed by atoms with Gasteiger partial charge in [0.25, 0.3) is 46.5 Å². The molecule has 10 N–H and O–H groups in total. The lowest BCUT2D eigenvalue weighted by Gasteiger charge is -2.09. The number of aliphatic hydroxyl groups excluding tert-OH is 1. The summed E-state index contributed by atoms with van der Waals surface area (Å²) in [5.74, 6) is 0. The standard InChI is InChI=1S/C51H34Cl2N18O13S4/c52-45-60-47(54-25-7-5-9-29(19-25)70-66-37-23-39(85(73,74)75)31-11-1-3-13-33(31)43(37)68-70)64-49(62-45)58-35-17-15-27(21-41(35)87(79,80)81)56-51(72)57-28-16-18-36(42(22-28)88(82,83)84)59-50-63-46(53)61-48(65-50)55-26-8-6-10-30(20-26)71-67-38-24-40(86(76,77)78)32-12-2-4-14-34(32)44(38)69-71/h1-24H,(H2,56,57,72)(H,73,74,75)(H,76,77,78)(H,79,80,81)(H,82,83,84)(H2,54,58,60,62,64)(H2,55,59,61,63,65). The lowest BCUT2D eigenvalue weighted by Crippen LogP contribution is -2.26. The summed E-state index contributed by atoms with van der Waals surface area (Å²) in [4.78, 5) is 40.6. The van der Waals surface area contributed by atoms with Crippen molar-refractivity contribution in [3.05, 3.63) is 179 Å². The molecule has 0 spiro atoms. The van der Waals surface area contributed by atoms with Crippen molar-refractivity contribution in [1.82, 2.24) is 59.9 Å². The third-order valence-corrected chi connectivity index (χ3v) is 16.5. The van der Waals surface area contributed by atoms with Crippen LogP contribution in [0.1, 0.15) is 0 Å². The number of hydrogen-bond donors (Lipinski definition) is 10. The van der Waals surface area contributed by atoms with E-state index in [0.717, 1.165) is 24.3 Å². The number of nitrogens with zero attached hydrogens (tertiary/aromatic N) is 13. The highest BCUT2D eigenvalue weighted by Crippen LogP contribution is 2.34. The predicted octanol–water partition coefficient (Wildman–Crippen LogP) is 6.44. The maximum absolute atomic E-state index is 12.8. The molecule has 37 heteroatoms. The van der Waals surface area contributed by atoms with E-state index < -0.39 is 56.3 Å². The molecule has 12 aromatic rings. The van der Waals surface area contributed by atoms with Crippen LogP contribution in [0.15, 0.2) is 190 Å². The Morgan fingerprint density at radius 3 is 1.33 bits per heavy atom. The summed E-state index contributed by atoms with van der Waals surface area (Å²) in [6.07, 6.45) is 0. The fourth-order valence-electron chi connectivity index (χ4n) is 8.97. The predicted molar refractivity (Wildman–Crippen MR) is 315 cm³/mol. The molecule has 0 aliphatic heterocycles. The minimum absolute atomic E-state index is 0.146. The van der Waals surface area contributed by atoms with Crippen molar-refractivity contribution < 1.29 is 57.0 Å². The average molecular weight is 1310 g/mol. The van der Waals surface area contributed by atoms with Crippen LogP contribution in [0, 0.1) is 0 Å². The van der Waals surface area contributed by atoms with Gasteiger partial charge in [0.2, 0.25) is 33.0 Å². The number of aliphatic imine (C=N–C) groups is 1. The summed E-state index contributed by atoms with van der Waals surface area (Å²) >= 11 is 12.6. The number of anilines is 1. The van der Waals surface area contributed by atoms with Crippen molar-refractivity contribution in [3.63, 3.8) is 0 Å². The number of nitrogens with one attached hydrogen (secondary N) is 5. The van der Waals surface area contributed by atoms with E-state index in [9.17, 15) is 57.0 Å². The number of benzene rings is 8. The first-order valence-corrected chi connectivity index (χ1v) is 31.2. The lowest BCUT2D eigenvalue weighted by molar-refractivity contribution is 0.481. The Bertz CT molecular complexity index is 5770. The molecular formula is C51H34Cl2N18O13S4. The molecule has 0 saturated carbocycles. The van der Waals surface area contributed by atoms with E-state index in [2.05, 4.69) is 80.6 Å². The molecule has 0 aliphatic rings. The van der Waals surface area contributed by atoms with Gasteiger partial charge < -0.3 is 20.4 Å². The van der Waals surface area contributed by atoms with Crippen molar-refractivity contribution in [3.8, 4) is 11.4 Å². The van der Waals surface area contributed by atoms with Gasteiger partial charge in [-0.25, -0.2) is 20.0 Å². The van der Waals surface area contributed by atoms with E-state index in [1.165, 1.54) is 46.0 Å². The van der Waals surface area contributed by atoms with E-state index >= 15 is 0 Å². The number of halogens is 2. The summed E-state index contributed by atoms with van der Waals surface area (Å²) in [6.45, 7) is 0. The molecule has 0 fully saturated rings. The molecule has 4 aromatic heterocycles. The van der Waals surface area contributed by atoms with Gasteiger partial charge in [-0.2, -0.15) is 58.2 Å². The smallest absolute Gasteiger partial charge is 0.296 e. The molecule has 12 rings (SSSR count). The van der Waals surface area contributed by atoms with Crippen LogP contribution < -0.4 is 27.8 Å². The molecule has 88 heavy (non-hydrogen) atoms. The first-order chi connectivity index (χ1) is 41.7. The summed E-state index contributed by atoms with van der Waals surface area (Å²) < 4.78 is 140. The van der Waals surface area contributed by atoms with Gasteiger partial charge in [0.1, 0.15) is 41.6 Å². The molecule has 0 bridgehead atoms. The van der Waals surface area contributed by atoms with Crippen molar-refractivity contribution in [2.75, 3.05) is 5.32 Å². The summed E-state index contributed by atoms with van der Waals surface area (Å²) in [6, 6.07) is 33.7. The largest absolute Gasteiger partial charge is 0.480 e. The first kappa shape index (κ1) is 58.2. The maximum atomic E-state index is 12.8. The zero-order valence-electron chi connectivity index (χ0n) is 43.6. The van der Waals surface area contributed by atoms with Crippen LogP contribution in [0.25, 0.3) is 55.0 Å². The van der Waals surface area contributed by atoms with E-state index in [0.29, 0.717) is 33.2 Å². The number of H-pyrrole nitrogens is 4. The number of rotatable bonds is 12. The number of amidine groups is 1. The van der Waals surface area contributed by atoms with Crippen LogP contribution in [0.5, 0.6) is 0 Å². The van der Waals surface area contributed by atoms with E-state index in [4.69, 9.17) is 23.2 Å². The number of aromatic amines is 4. The number of aliphatic hydroxyl groups is 1. The molecule has 0 radical (unpaired) electrons. The molecule has 0 atom stereocenters. The zero-order valence-corrected chi connectivity index (χ0v) is 48.3. The van der Waals surface area contributed by atoms with E-state index in [-0.39, 0.29) is 98.8 Å². The molecule has 0 amide bonds. The number of fused-ring (bicyclic) bond motifs is 6. The molecule has 444 valence electrons. The Labute approximate surface area is 501 Å². The molecule has 4 heterocycles. The van der Waals surface area contributed by atoms with Gasteiger partial charge in [-0.1, -0.05) is 60.7 Å². The van der Waals surface area contributed by atoms with Crippen LogP contribution >= 0.6 is 23.2 Å². The number of aromatic nitrogens is 12. The van der Waals surface area contributed by atoms with E-state index in [1.807, 2.05) is 0 Å². The number of hydrogen-bond acceptors (Lipinski definition) is 19. The summed E-state index contributed by atoms with van der Waals surface area (Å²) in [7, 11) is -19.4. The maximum Gasteiger partial charge on any atom is 0.296 e. The molecular weight excluding hydrogens is 1270 g/mol. The van der Waals surface area contributed by atoms with Crippen LogP contribution in [-0.4, -0.2) is 123 Å². The van der Waals surface area contributed by atoms with Crippen LogP contribution in [0.2, 0.25) is 10.6 Å². The lowest BCUT2D eigenvalue weighted by atomic mass is 10.1. The second-order valence-electron chi connectivity index (χ2n) is 18.5. The van der Waals surface area contributed by atoms with Crippen molar-refractivity contribution in [2.24, 2.45) is 25.0 Å². The molecule has 0 unspecified atom stereocenters. The van der Waals surface area contributed by atoms with Crippen LogP contribution in [-0.2, 0) is 40.5 Å². The minimum Gasteiger partial charge on any atom is -0.480 e. The van der Waals surface area contributed by atoms with Gasteiger partial charge >= 0.3 is 0 Å². The molecule has 31 nitrogen and oxygen atoms in total. The molecule has 8 aromatic carbocycles. The normalized spacial score (nSPS) is 13.6. The van der Waals surface area contributed by atoms with Crippen LogP contribution in [0.4, 0.5) is 34.1 Å². The van der Waals surface area contributed by atoms with Gasteiger partial charge in [-0.3, -0.25) is 28.2 Å². The van der Waals surface area contributed by atoms with Gasteiger partial charge in [-0.15, -0.1) is 20.4 Å². The summed E-state index contributed by atoms with van der Waals surface area (Å²) in [5, 5.41) is 32.1.